The Morgan fingerprint density at radius 2 is 2.05 bits per heavy atom. The van der Waals surface area contributed by atoms with Crippen LogP contribution in [0.2, 0.25) is 0 Å². The van der Waals surface area contributed by atoms with Gasteiger partial charge in [0, 0.05) is 37.8 Å². The fourth-order valence-electron chi connectivity index (χ4n) is 6.06. The van der Waals surface area contributed by atoms with Crippen LogP contribution in [0.3, 0.4) is 0 Å². The van der Waals surface area contributed by atoms with E-state index in [4.69, 9.17) is 9.72 Å². The number of nitrogens with one attached hydrogen (secondary N) is 3. The average Bonchev–Trinajstić information content (AvgIpc) is 3.09. The summed E-state index contributed by atoms with van der Waals surface area (Å²) in [7, 11) is 3.38. The standard InChI is InChI=1S/C30H41N7O3/c1-4-9-21-19-37(23-11-6-5-7-12-23)27-25(36(2)29(21)39)18-32-30(35-27)34-24-14-13-20(16-26(24)40-3)28(38)33-22-10-8-15-31-17-22/h4,13-14,16,18,21-23,31H,1,5-12,15,17,19H2,2-3H3,(H,33,38)(H,32,34,35)/t21?,22-/m0/s1. The minimum Gasteiger partial charge on any atom is -0.495 e. The smallest absolute Gasteiger partial charge is 0.251 e. The molecule has 1 aromatic heterocycles. The number of nitrogens with zero attached hydrogens (tertiary/aromatic N) is 4. The van der Waals surface area contributed by atoms with E-state index in [1.54, 1.807) is 37.4 Å². The quantitative estimate of drug-likeness (QED) is 0.425. The molecule has 10 heteroatoms. The summed E-state index contributed by atoms with van der Waals surface area (Å²) < 4.78 is 5.64. The van der Waals surface area contributed by atoms with Gasteiger partial charge in [0.15, 0.2) is 5.82 Å². The van der Waals surface area contributed by atoms with Crippen molar-refractivity contribution in [3.05, 3.63) is 42.6 Å². The predicted octanol–water partition coefficient (Wildman–Crippen LogP) is 4.02. The molecule has 1 saturated carbocycles. The van der Waals surface area contributed by atoms with Crippen LogP contribution in [0.25, 0.3) is 0 Å². The second-order valence-corrected chi connectivity index (χ2v) is 11.0. The Balaban J connectivity index is 1.41. The lowest BCUT2D eigenvalue weighted by Crippen LogP contribution is -2.45. The highest BCUT2D eigenvalue weighted by molar-refractivity contribution is 5.99. The first-order valence-corrected chi connectivity index (χ1v) is 14.5. The topological polar surface area (TPSA) is 112 Å². The van der Waals surface area contributed by atoms with Crippen molar-refractivity contribution in [1.82, 2.24) is 20.6 Å². The Labute approximate surface area is 236 Å². The van der Waals surface area contributed by atoms with E-state index in [1.165, 1.54) is 19.3 Å². The third-order valence-corrected chi connectivity index (χ3v) is 8.29. The molecular formula is C30H41N7O3. The van der Waals surface area contributed by atoms with Crippen molar-refractivity contribution in [3.8, 4) is 5.75 Å². The number of piperidine rings is 1. The molecule has 10 nitrogen and oxygen atoms in total. The predicted molar refractivity (Wildman–Crippen MR) is 158 cm³/mol. The third-order valence-electron chi connectivity index (χ3n) is 8.29. The molecule has 1 saturated heterocycles. The van der Waals surface area contributed by atoms with Crippen LogP contribution in [0.1, 0.15) is 61.7 Å². The second-order valence-electron chi connectivity index (χ2n) is 11.0. The van der Waals surface area contributed by atoms with Crippen LogP contribution in [-0.2, 0) is 4.79 Å². The first-order chi connectivity index (χ1) is 19.5. The number of hydrogen-bond donors (Lipinski definition) is 3. The van der Waals surface area contributed by atoms with E-state index >= 15 is 0 Å². The molecule has 0 bridgehead atoms. The SMILES string of the molecule is C=CCC1CN(C2CCCCC2)c2nc(Nc3ccc(C(=O)N[C@H]4CCCNC4)cc3OC)ncc2N(C)C1=O. The molecule has 3 N–H and O–H groups in total. The molecule has 1 aliphatic carbocycles. The van der Waals surface area contributed by atoms with Gasteiger partial charge in [0.1, 0.15) is 11.4 Å². The molecule has 3 aliphatic rings. The van der Waals surface area contributed by atoms with Crippen molar-refractivity contribution in [3.63, 3.8) is 0 Å². The number of anilines is 4. The molecule has 0 radical (unpaired) electrons. The van der Waals surface area contributed by atoms with Crippen LogP contribution in [0, 0.1) is 5.92 Å². The highest BCUT2D eigenvalue weighted by Crippen LogP contribution is 2.38. The lowest BCUT2D eigenvalue weighted by Gasteiger charge is -2.36. The minimum atomic E-state index is -0.182. The number of ether oxygens (including phenoxy) is 1. The zero-order valence-electron chi connectivity index (χ0n) is 23.6. The van der Waals surface area contributed by atoms with Gasteiger partial charge in [-0.1, -0.05) is 25.3 Å². The Morgan fingerprint density at radius 3 is 2.77 bits per heavy atom. The number of benzene rings is 1. The summed E-state index contributed by atoms with van der Waals surface area (Å²) >= 11 is 0. The summed E-state index contributed by atoms with van der Waals surface area (Å²) in [6.45, 7) is 6.27. The van der Waals surface area contributed by atoms with Crippen molar-refractivity contribution in [2.45, 2.75) is 63.5 Å². The highest BCUT2D eigenvalue weighted by Gasteiger charge is 2.36. The summed E-state index contributed by atoms with van der Waals surface area (Å²) in [4.78, 5) is 39.7. The van der Waals surface area contributed by atoms with Crippen LogP contribution in [-0.4, -0.2) is 67.7 Å². The van der Waals surface area contributed by atoms with Crippen molar-refractivity contribution in [2.75, 3.05) is 48.9 Å². The molecule has 2 atom stereocenters. The maximum Gasteiger partial charge on any atom is 0.251 e. The molecule has 2 fully saturated rings. The van der Waals surface area contributed by atoms with Gasteiger partial charge >= 0.3 is 0 Å². The van der Waals surface area contributed by atoms with Gasteiger partial charge in [-0.15, -0.1) is 6.58 Å². The molecule has 40 heavy (non-hydrogen) atoms. The van der Waals surface area contributed by atoms with E-state index in [1.807, 2.05) is 12.1 Å². The summed E-state index contributed by atoms with van der Waals surface area (Å²) in [6.07, 6.45) is 12.0. The molecule has 2 aromatic rings. The zero-order chi connectivity index (χ0) is 28.1. The minimum absolute atomic E-state index is 0.0586. The number of carbonyl (C=O) groups excluding carboxylic acids is 2. The summed E-state index contributed by atoms with van der Waals surface area (Å²) in [5, 5.41) is 9.72. The molecule has 5 rings (SSSR count). The summed E-state index contributed by atoms with van der Waals surface area (Å²) in [5.41, 5.74) is 1.90. The maximum atomic E-state index is 13.3. The van der Waals surface area contributed by atoms with Gasteiger partial charge in [-0.2, -0.15) is 4.98 Å². The van der Waals surface area contributed by atoms with Crippen molar-refractivity contribution >= 4 is 35.0 Å². The van der Waals surface area contributed by atoms with Crippen molar-refractivity contribution < 1.29 is 14.3 Å². The summed E-state index contributed by atoms with van der Waals surface area (Å²) in [6, 6.07) is 5.78. The van der Waals surface area contributed by atoms with Crippen LogP contribution in [0.15, 0.2) is 37.1 Å². The fourth-order valence-corrected chi connectivity index (χ4v) is 6.06. The summed E-state index contributed by atoms with van der Waals surface area (Å²) in [5.74, 6) is 1.45. The number of amides is 2. The van der Waals surface area contributed by atoms with Crippen LogP contribution < -0.4 is 30.5 Å². The van der Waals surface area contributed by atoms with E-state index in [9.17, 15) is 9.59 Å². The van der Waals surface area contributed by atoms with Gasteiger partial charge in [0.25, 0.3) is 5.91 Å². The largest absolute Gasteiger partial charge is 0.495 e. The molecular weight excluding hydrogens is 506 g/mol. The molecule has 3 heterocycles. The monoisotopic (exact) mass is 547 g/mol. The molecule has 1 unspecified atom stereocenters. The third kappa shape index (κ3) is 6.06. The van der Waals surface area contributed by atoms with E-state index in [-0.39, 0.29) is 23.8 Å². The number of carbonyl (C=O) groups is 2. The van der Waals surface area contributed by atoms with Crippen molar-refractivity contribution in [1.29, 1.82) is 0 Å². The normalized spacial score (nSPS) is 21.8. The van der Waals surface area contributed by atoms with Gasteiger partial charge in [-0.25, -0.2) is 4.98 Å². The van der Waals surface area contributed by atoms with Gasteiger partial charge in [-0.05, 0) is 56.8 Å². The maximum absolute atomic E-state index is 13.3. The second kappa shape index (κ2) is 12.7. The van der Waals surface area contributed by atoms with E-state index in [2.05, 4.69) is 32.4 Å². The molecule has 1 aromatic carbocycles. The molecule has 0 spiro atoms. The Hall–Kier alpha value is -3.66. The first-order valence-electron chi connectivity index (χ1n) is 14.5. The first kappa shape index (κ1) is 27.9. The van der Waals surface area contributed by atoms with Crippen LogP contribution >= 0.6 is 0 Å². The molecule has 214 valence electrons. The Bertz CT molecular complexity index is 1220. The number of methoxy groups -OCH3 is 1. The fraction of sp³-hybridized carbons (Fsp3) is 0.533. The van der Waals surface area contributed by atoms with Crippen LogP contribution in [0.5, 0.6) is 5.75 Å². The van der Waals surface area contributed by atoms with Gasteiger partial charge in [0.05, 0.1) is 24.9 Å². The molecule has 2 aliphatic heterocycles. The van der Waals surface area contributed by atoms with Crippen molar-refractivity contribution in [2.24, 2.45) is 5.92 Å². The average molecular weight is 548 g/mol. The molecule has 2 amide bonds. The van der Waals surface area contributed by atoms with Gasteiger partial charge < -0.3 is 30.5 Å². The Kier molecular flexibility index (Phi) is 8.84. The van der Waals surface area contributed by atoms with E-state index in [0.29, 0.717) is 47.6 Å². The van der Waals surface area contributed by atoms with Gasteiger partial charge in [0.2, 0.25) is 11.9 Å². The van der Waals surface area contributed by atoms with Gasteiger partial charge in [-0.3, -0.25) is 9.59 Å². The number of aromatic nitrogens is 2. The lowest BCUT2D eigenvalue weighted by molar-refractivity contribution is -0.121. The van der Waals surface area contributed by atoms with E-state index < -0.39 is 0 Å². The van der Waals surface area contributed by atoms with E-state index in [0.717, 1.165) is 44.6 Å². The lowest BCUT2D eigenvalue weighted by atomic mass is 9.93. The van der Waals surface area contributed by atoms with Crippen LogP contribution in [0.4, 0.5) is 23.1 Å². The highest BCUT2D eigenvalue weighted by atomic mass is 16.5. The number of allylic oxidation sites excluding steroid dienone is 1. The number of hydrogen-bond acceptors (Lipinski definition) is 8. The zero-order valence-corrected chi connectivity index (χ0v) is 23.6. The Morgan fingerprint density at radius 1 is 1.23 bits per heavy atom. The number of fused-ring (bicyclic) bond motifs is 1. The number of rotatable bonds is 8.